The van der Waals surface area contributed by atoms with Crippen LogP contribution < -0.4 is 0 Å². The van der Waals surface area contributed by atoms with E-state index in [0.29, 0.717) is 13.2 Å². The van der Waals surface area contributed by atoms with Crippen molar-refractivity contribution in [1.82, 2.24) is 4.90 Å². The first kappa shape index (κ1) is 10.6. The average Bonchev–Trinajstić information content (AvgIpc) is 2.94. The second kappa shape index (κ2) is 4.06. The van der Waals surface area contributed by atoms with Crippen molar-refractivity contribution in [3.05, 3.63) is 35.9 Å². The molecule has 17 heavy (non-hydrogen) atoms. The van der Waals surface area contributed by atoms with Crippen molar-refractivity contribution >= 4 is 6.09 Å². The maximum atomic E-state index is 11.8. The predicted molar refractivity (Wildman–Crippen MR) is 64.5 cm³/mol. The zero-order valence-electron chi connectivity index (χ0n) is 9.89. The number of amides is 1. The molecule has 1 heterocycles. The molecule has 0 radical (unpaired) electrons. The van der Waals surface area contributed by atoms with Gasteiger partial charge in [0.1, 0.15) is 6.61 Å². The molecule has 0 bridgehead atoms. The van der Waals surface area contributed by atoms with E-state index in [2.05, 4.69) is 12.1 Å². The molecule has 1 amide bonds. The highest BCUT2D eigenvalue weighted by molar-refractivity contribution is 5.71. The van der Waals surface area contributed by atoms with Gasteiger partial charge < -0.3 is 4.74 Å². The topological polar surface area (TPSA) is 29.5 Å². The van der Waals surface area contributed by atoms with Crippen molar-refractivity contribution in [3.8, 4) is 0 Å². The Morgan fingerprint density at radius 2 is 1.88 bits per heavy atom. The molecule has 90 valence electrons. The molecule has 1 aromatic carbocycles. The highest BCUT2D eigenvalue weighted by atomic mass is 16.6. The maximum absolute atomic E-state index is 11.8. The standard InChI is InChI=1S/C14H17NO2/c16-13-15(10-12-6-2-1-3-7-12)14(11-17-13)8-4-5-9-14/h1-3,6-7H,4-5,8-11H2. The lowest BCUT2D eigenvalue weighted by Gasteiger charge is -2.31. The summed E-state index contributed by atoms with van der Waals surface area (Å²) >= 11 is 0. The quantitative estimate of drug-likeness (QED) is 0.783. The first-order valence-corrected chi connectivity index (χ1v) is 6.29. The van der Waals surface area contributed by atoms with Gasteiger partial charge in [0, 0.05) is 6.54 Å². The zero-order valence-corrected chi connectivity index (χ0v) is 9.89. The SMILES string of the molecule is O=C1OCC2(CCCC2)N1Cc1ccccc1. The maximum Gasteiger partial charge on any atom is 0.410 e. The van der Waals surface area contributed by atoms with Crippen LogP contribution in [0.5, 0.6) is 0 Å². The lowest BCUT2D eigenvalue weighted by atomic mass is 9.97. The van der Waals surface area contributed by atoms with Crippen LogP contribution in [0.3, 0.4) is 0 Å². The molecule has 2 fully saturated rings. The van der Waals surface area contributed by atoms with Crippen LogP contribution in [0.4, 0.5) is 4.79 Å². The van der Waals surface area contributed by atoms with Gasteiger partial charge >= 0.3 is 6.09 Å². The number of rotatable bonds is 2. The second-order valence-corrected chi connectivity index (χ2v) is 5.06. The molecule has 1 aromatic rings. The van der Waals surface area contributed by atoms with Gasteiger partial charge in [-0.2, -0.15) is 0 Å². The van der Waals surface area contributed by atoms with Gasteiger partial charge in [-0.15, -0.1) is 0 Å². The van der Waals surface area contributed by atoms with Gasteiger partial charge in [-0.1, -0.05) is 43.2 Å². The van der Waals surface area contributed by atoms with Crippen LogP contribution in [0.15, 0.2) is 30.3 Å². The summed E-state index contributed by atoms with van der Waals surface area (Å²) in [5.74, 6) is 0. The van der Waals surface area contributed by atoms with Crippen molar-refractivity contribution in [2.75, 3.05) is 6.61 Å². The summed E-state index contributed by atoms with van der Waals surface area (Å²) < 4.78 is 5.26. The summed E-state index contributed by atoms with van der Waals surface area (Å²) in [4.78, 5) is 13.8. The highest BCUT2D eigenvalue weighted by Gasteiger charge is 2.48. The fraction of sp³-hybridized carbons (Fsp3) is 0.500. The van der Waals surface area contributed by atoms with E-state index in [1.165, 1.54) is 18.4 Å². The van der Waals surface area contributed by atoms with Gasteiger partial charge in [-0.25, -0.2) is 4.79 Å². The zero-order chi connectivity index (χ0) is 11.7. The molecule has 2 aliphatic rings. The Hall–Kier alpha value is -1.51. The van der Waals surface area contributed by atoms with Gasteiger partial charge in [0.05, 0.1) is 5.54 Å². The fourth-order valence-corrected chi connectivity index (χ4v) is 2.99. The smallest absolute Gasteiger partial charge is 0.410 e. The summed E-state index contributed by atoms with van der Waals surface area (Å²) in [7, 11) is 0. The van der Waals surface area contributed by atoms with Gasteiger partial charge in [0.2, 0.25) is 0 Å². The van der Waals surface area contributed by atoms with Gasteiger partial charge in [0.25, 0.3) is 0 Å². The average molecular weight is 231 g/mol. The highest BCUT2D eigenvalue weighted by Crippen LogP contribution is 2.40. The first-order chi connectivity index (χ1) is 8.30. The van der Waals surface area contributed by atoms with Gasteiger partial charge in [0.15, 0.2) is 0 Å². The molecular weight excluding hydrogens is 214 g/mol. The molecule has 1 aliphatic carbocycles. The van der Waals surface area contributed by atoms with Crippen LogP contribution >= 0.6 is 0 Å². The lowest BCUT2D eigenvalue weighted by molar-refractivity contribution is 0.147. The number of carbonyl (C=O) groups is 1. The third-order valence-corrected chi connectivity index (χ3v) is 3.98. The minimum Gasteiger partial charge on any atom is -0.447 e. The molecule has 1 aliphatic heterocycles. The van der Waals surface area contributed by atoms with E-state index in [-0.39, 0.29) is 11.6 Å². The van der Waals surface area contributed by atoms with Crippen LogP contribution in [-0.4, -0.2) is 23.1 Å². The van der Waals surface area contributed by atoms with E-state index < -0.39 is 0 Å². The van der Waals surface area contributed by atoms with E-state index in [4.69, 9.17) is 4.74 Å². The number of hydrogen-bond acceptors (Lipinski definition) is 2. The largest absolute Gasteiger partial charge is 0.447 e. The number of carbonyl (C=O) groups excluding carboxylic acids is 1. The number of ether oxygens (including phenoxy) is 1. The van der Waals surface area contributed by atoms with Crippen LogP contribution in [0.1, 0.15) is 31.2 Å². The molecule has 1 saturated heterocycles. The Morgan fingerprint density at radius 3 is 2.59 bits per heavy atom. The third-order valence-electron chi connectivity index (χ3n) is 3.98. The minimum absolute atomic E-state index is 0.00702. The Morgan fingerprint density at radius 1 is 1.18 bits per heavy atom. The fourth-order valence-electron chi connectivity index (χ4n) is 2.99. The second-order valence-electron chi connectivity index (χ2n) is 5.06. The van der Waals surface area contributed by atoms with Crippen molar-refractivity contribution in [1.29, 1.82) is 0 Å². The number of nitrogens with zero attached hydrogens (tertiary/aromatic N) is 1. The minimum atomic E-state index is -0.143. The van der Waals surface area contributed by atoms with Gasteiger partial charge in [-0.05, 0) is 18.4 Å². The molecule has 3 rings (SSSR count). The Balaban J connectivity index is 1.82. The molecule has 0 atom stereocenters. The number of cyclic esters (lactones) is 1. The van der Waals surface area contributed by atoms with Crippen molar-refractivity contribution in [3.63, 3.8) is 0 Å². The first-order valence-electron chi connectivity index (χ1n) is 6.29. The van der Waals surface area contributed by atoms with Crippen LogP contribution in [0.25, 0.3) is 0 Å². The normalized spacial score (nSPS) is 22.1. The van der Waals surface area contributed by atoms with E-state index >= 15 is 0 Å². The Kier molecular flexibility index (Phi) is 2.54. The molecular formula is C14H17NO2. The summed E-state index contributed by atoms with van der Waals surface area (Å²) in [6.45, 7) is 1.26. The summed E-state index contributed by atoms with van der Waals surface area (Å²) in [6.07, 6.45) is 4.46. The molecule has 1 saturated carbocycles. The summed E-state index contributed by atoms with van der Waals surface area (Å²) in [6, 6.07) is 10.1. The Labute approximate surface area is 101 Å². The molecule has 3 heteroatoms. The molecule has 0 N–H and O–H groups in total. The third kappa shape index (κ3) is 1.79. The molecule has 1 spiro atoms. The number of hydrogen-bond donors (Lipinski definition) is 0. The molecule has 0 unspecified atom stereocenters. The van der Waals surface area contributed by atoms with Crippen LogP contribution in [0, 0.1) is 0 Å². The van der Waals surface area contributed by atoms with E-state index in [1.54, 1.807) is 0 Å². The monoisotopic (exact) mass is 231 g/mol. The van der Waals surface area contributed by atoms with Crippen LogP contribution in [0.2, 0.25) is 0 Å². The van der Waals surface area contributed by atoms with Crippen molar-refractivity contribution in [2.24, 2.45) is 0 Å². The molecule has 3 nitrogen and oxygen atoms in total. The van der Waals surface area contributed by atoms with Crippen molar-refractivity contribution < 1.29 is 9.53 Å². The Bertz CT molecular complexity index is 409. The van der Waals surface area contributed by atoms with E-state index in [0.717, 1.165) is 12.8 Å². The van der Waals surface area contributed by atoms with E-state index in [9.17, 15) is 4.79 Å². The van der Waals surface area contributed by atoms with Gasteiger partial charge in [-0.3, -0.25) is 4.90 Å². The van der Waals surface area contributed by atoms with E-state index in [1.807, 2.05) is 23.1 Å². The number of benzene rings is 1. The summed E-state index contributed by atoms with van der Waals surface area (Å²) in [5, 5.41) is 0. The van der Waals surface area contributed by atoms with Crippen LogP contribution in [-0.2, 0) is 11.3 Å². The van der Waals surface area contributed by atoms with Crippen molar-refractivity contribution in [2.45, 2.75) is 37.8 Å². The molecule has 0 aromatic heterocycles. The summed E-state index contributed by atoms with van der Waals surface area (Å²) in [5.41, 5.74) is 1.17. The predicted octanol–water partition coefficient (Wildman–Crippen LogP) is 2.95. The lowest BCUT2D eigenvalue weighted by Crippen LogP contribution is -2.44.